The molecule has 0 radical (unpaired) electrons. The lowest BCUT2D eigenvalue weighted by Gasteiger charge is -2.07. The number of aromatic carboxylic acids is 1. The molecular formula is C11H12O4. The van der Waals surface area contributed by atoms with Gasteiger partial charge in [-0.25, -0.2) is 4.79 Å². The molecule has 1 unspecified atom stereocenters. The number of carbonyl (C=O) groups is 1. The minimum atomic E-state index is -0.987. The largest absolute Gasteiger partial charge is 0.497 e. The minimum absolute atomic E-state index is 0.0326. The van der Waals surface area contributed by atoms with Gasteiger partial charge in [-0.1, -0.05) is 0 Å². The van der Waals surface area contributed by atoms with Gasteiger partial charge in [0.15, 0.2) is 0 Å². The van der Waals surface area contributed by atoms with E-state index in [4.69, 9.17) is 14.6 Å². The zero-order chi connectivity index (χ0) is 11.0. The third-order valence-electron chi connectivity index (χ3n) is 2.43. The number of hydrogen-bond donors (Lipinski definition) is 1. The predicted octanol–water partition coefficient (Wildman–Crippen LogP) is 1.72. The molecule has 1 atom stereocenters. The topological polar surface area (TPSA) is 55.8 Å². The number of carboxylic acid groups (broad SMARTS) is 1. The van der Waals surface area contributed by atoms with Gasteiger partial charge in [0.2, 0.25) is 0 Å². The van der Waals surface area contributed by atoms with Crippen molar-refractivity contribution in [1.82, 2.24) is 0 Å². The molecule has 1 aromatic carbocycles. The zero-order valence-electron chi connectivity index (χ0n) is 8.61. The third kappa shape index (κ3) is 1.63. The van der Waals surface area contributed by atoms with E-state index in [1.807, 2.05) is 13.0 Å². The summed E-state index contributed by atoms with van der Waals surface area (Å²) in [7, 11) is 1.52. The Bertz CT molecular complexity index is 411. The summed E-state index contributed by atoms with van der Waals surface area (Å²) in [5.41, 5.74) is 1.08. The Morgan fingerprint density at radius 1 is 1.60 bits per heavy atom. The maximum absolute atomic E-state index is 11.0. The average Bonchev–Trinajstić information content (AvgIpc) is 2.55. The van der Waals surface area contributed by atoms with E-state index in [1.54, 1.807) is 0 Å². The lowest BCUT2D eigenvalue weighted by Crippen LogP contribution is -2.07. The molecule has 4 heteroatoms. The number of carboxylic acids is 1. The first-order chi connectivity index (χ1) is 7.11. The second-order valence-electron chi connectivity index (χ2n) is 3.60. The highest BCUT2D eigenvalue weighted by molar-refractivity contribution is 5.92. The van der Waals surface area contributed by atoms with E-state index in [9.17, 15) is 4.79 Å². The van der Waals surface area contributed by atoms with Gasteiger partial charge in [-0.2, -0.15) is 0 Å². The van der Waals surface area contributed by atoms with Crippen molar-refractivity contribution in [2.24, 2.45) is 0 Å². The molecule has 1 aromatic rings. The first-order valence-corrected chi connectivity index (χ1v) is 4.72. The van der Waals surface area contributed by atoms with E-state index < -0.39 is 5.97 Å². The first-order valence-electron chi connectivity index (χ1n) is 4.72. The van der Waals surface area contributed by atoms with Crippen molar-refractivity contribution in [3.63, 3.8) is 0 Å². The summed E-state index contributed by atoms with van der Waals surface area (Å²) in [6.07, 6.45) is 0.762. The minimum Gasteiger partial charge on any atom is -0.497 e. The Balaban J connectivity index is 2.55. The van der Waals surface area contributed by atoms with E-state index in [-0.39, 0.29) is 11.7 Å². The van der Waals surface area contributed by atoms with E-state index in [0.29, 0.717) is 11.5 Å². The summed E-state index contributed by atoms with van der Waals surface area (Å²) in [4.78, 5) is 11.0. The van der Waals surface area contributed by atoms with Crippen LogP contribution in [0.25, 0.3) is 0 Å². The summed E-state index contributed by atoms with van der Waals surface area (Å²) in [6, 6.07) is 3.31. The maximum Gasteiger partial charge on any atom is 0.339 e. The lowest BCUT2D eigenvalue weighted by atomic mass is 10.1. The number of ether oxygens (including phenoxy) is 2. The van der Waals surface area contributed by atoms with Gasteiger partial charge in [-0.15, -0.1) is 0 Å². The summed E-state index contributed by atoms with van der Waals surface area (Å²) in [5.74, 6) is 0.0545. The maximum atomic E-state index is 11.0. The Labute approximate surface area is 87.4 Å². The summed E-state index contributed by atoms with van der Waals surface area (Å²) in [5, 5.41) is 9.02. The molecule has 0 spiro atoms. The third-order valence-corrected chi connectivity index (χ3v) is 2.43. The fourth-order valence-corrected chi connectivity index (χ4v) is 1.78. The number of benzene rings is 1. The van der Waals surface area contributed by atoms with Crippen LogP contribution in [0.15, 0.2) is 12.1 Å². The van der Waals surface area contributed by atoms with Crippen LogP contribution in [0.3, 0.4) is 0 Å². The van der Waals surface area contributed by atoms with E-state index in [2.05, 4.69) is 0 Å². The van der Waals surface area contributed by atoms with Crippen LogP contribution in [0.1, 0.15) is 22.8 Å². The average molecular weight is 208 g/mol. The standard InChI is InChI=1S/C11H12O4/c1-6-3-7-4-8(14-2)5-9(11(12)13)10(7)15-6/h4-6H,3H2,1-2H3,(H,12,13). The SMILES string of the molecule is COc1cc2c(c(C(=O)O)c1)OC(C)C2. The molecule has 0 amide bonds. The second kappa shape index (κ2) is 3.46. The van der Waals surface area contributed by atoms with Crippen molar-refractivity contribution < 1.29 is 19.4 Å². The van der Waals surface area contributed by atoms with Crippen LogP contribution < -0.4 is 9.47 Å². The molecule has 0 bridgehead atoms. The normalized spacial score (nSPS) is 18.1. The van der Waals surface area contributed by atoms with Crippen molar-refractivity contribution in [1.29, 1.82) is 0 Å². The highest BCUT2D eigenvalue weighted by Gasteiger charge is 2.26. The molecule has 0 saturated heterocycles. The van der Waals surface area contributed by atoms with Crippen molar-refractivity contribution in [2.75, 3.05) is 7.11 Å². The highest BCUT2D eigenvalue weighted by atomic mass is 16.5. The van der Waals surface area contributed by atoms with Crippen LogP contribution in [0.4, 0.5) is 0 Å². The molecule has 1 aliphatic rings. The summed E-state index contributed by atoms with van der Waals surface area (Å²) in [6.45, 7) is 1.91. The highest BCUT2D eigenvalue weighted by Crippen LogP contribution is 2.35. The fraction of sp³-hybridized carbons (Fsp3) is 0.364. The van der Waals surface area contributed by atoms with Crippen molar-refractivity contribution in [2.45, 2.75) is 19.4 Å². The Morgan fingerprint density at radius 3 is 2.93 bits per heavy atom. The molecule has 1 aliphatic heterocycles. The number of rotatable bonds is 2. The van der Waals surface area contributed by atoms with Gasteiger partial charge in [0, 0.05) is 12.0 Å². The van der Waals surface area contributed by atoms with Gasteiger partial charge in [-0.3, -0.25) is 0 Å². The fourth-order valence-electron chi connectivity index (χ4n) is 1.78. The summed E-state index contributed by atoms with van der Waals surface area (Å²) >= 11 is 0. The molecule has 0 aromatic heterocycles. The molecule has 0 fully saturated rings. The number of methoxy groups -OCH3 is 1. The van der Waals surface area contributed by atoms with Gasteiger partial charge in [0.25, 0.3) is 0 Å². The van der Waals surface area contributed by atoms with Crippen LogP contribution >= 0.6 is 0 Å². The molecule has 1 N–H and O–H groups in total. The quantitative estimate of drug-likeness (QED) is 0.803. The smallest absolute Gasteiger partial charge is 0.339 e. The van der Waals surface area contributed by atoms with Crippen LogP contribution in [0.2, 0.25) is 0 Å². The van der Waals surface area contributed by atoms with Crippen molar-refractivity contribution >= 4 is 5.97 Å². The molecule has 15 heavy (non-hydrogen) atoms. The van der Waals surface area contributed by atoms with Gasteiger partial charge in [0.1, 0.15) is 23.2 Å². The molecule has 0 saturated carbocycles. The summed E-state index contributed by atoms with van der Waals surface area (Å²) < 4.78 is 10.5. The van der Waals surface area contributed by atoms with Crippen LogP contribution in [-0.4, -0.2) is 24.3 Å². The Hall–Kier alpha value is -1.71. The van der Waals surface area contributed by atoms with Crippen LogP contribution in [0, 0.1) is 0 Å². The molecule has 2 rings (SSSR count). The van der Waals surface area contributed by atoms with Gasteiger partial charge < -0.3 is 14.6 Å². The first kappa shape index (κ1) is 9.83. The van der Waals surface area contributed by atoms with Gasteiger partial charge in [-0.05, 0) is 19.1 Å². The molecule has 0 aliphatic carbocycles. The number of hydrogen-bond acceptors (Lipinski definition) is 3. The Kier molecular flexibility index (Phi) is 2.26. The molecule has 4 nitrogen and oxygen atoms in total. The Morgan fingerprint density at radius 2 is 2.33 bits per heavy atom. The van der Waals surface area contributed by atoms with Crippen LogP contribution in [-0.2, 0) is 6.42 Å². The molecule has 80 valence electrons. The lowest BCUT2D eigenvalue weighted by molar-refractivity contribution is 0.0691. The van der Waals surface area contributed by atoms with E-state index in [0.717, 1.165) is 12.0 Å². The van der Waals surface area contributed by atoms with E-state index in [1.165, 1.54) is 13.2 Å². The van der Waals surface area contributed by atoms with Crippen LogP contribution in [0.5, 0.6) is 11.5 Å². The van der Waals surface area contributed by atoms with E-state index >= 15 is 0 Å². The monoisotopic (exact) mass is 208 g/mol. The van der Waals surface area contributed by atoms with Crippen molar-refractivity contribution in [3.05, 3.63) is 23.3 Å². The number of fused-ring (bicyclic) bond motifs is 1. The molecular weight excluding hydrogens is 196 g/mol. The van der Waals surface area contributed by atoms with Gasteiger partial charge in [0.05, 0.1) is 7.11 Å². The van der Waals surface area contributed by atoms with Gasteiger partial charge >= 0.3 is 5.97 Å². The molecule has 1 heterocycles. The second-order valence-corrected chi connectivity index (χ2v) is 3.60. The van der Waals surface area contributed by atoms with Crippen molar-refractivity contribution in [3.8, 4) is 11.5 Å². The zero-order valence-corrected chi connectivity index (χ0v) is 8.61. The predicted molar refractivity (Wildman–Crippen MR) is 53.7 cm³/mol.